The number of hydrogen-bond donors (Lipinski definition) is 1. The number of ether oxygens (including phenoxy) is 1. The zero-order valence-corrected chi connectivity index (χ0v) is 7.36. The van der Waals surface area contributed by atoms with Crippen LogP contribution in [0.25, 0.3) is 0 Å². The molecule has 0 aliphatic heterocycles. The van der Waals surface area contributed by atoms with E-state index < -0.39 is 5.97 Å². The summed E-state index contributed by atoms with van der Waals surface area (Å²) >= 11 is 0. The molecule has 0 atom stereocenters. The predicted octanol–water partition coefficient (Wildman–Crippen LogP) is 0.991. The lowest BCUT2D eigenvalue weighted by Crippen LogP contribution is -2.07. The van der Waals surface area contributed by atoms with Gasteiger partial charge in [-0.1, -0.05) is 6.07 Å². The van der Waals surface area contributed by atoms with Crippen molar-refractivity contribution in [3.8, 4) is 0 Å². The van der Waals surface area contributed by atoms with Gasteiger partial charge in [-0.3, -0.25) is 4.98 Å². The van der Waals surface area contributed by atoms with Crippen molar-refractivity contribution in [1.82, 2.24) is 4.98 Å². The Kier molecular flexibility index (Phi) is 3.40. The lowest BCUT2D eigenvalue weighted by atomic mass is 10.2. The Balaban J connectivity index is 2.45. The number of carbonyl (C=O) groups is 1. The minimum atomic E-state index is -0.964. The molecule has 4 nitrogen and oxygen atoms in total. The van der Waals surface area contributed by atoms with Crippen molar-refractivity contribution in [3.63, 3.8) is 0 Å². The fourth-order valence-corrected chi connectivity index (χ4v) is 0.905. The molecule has 13 heavy (non-hydrogen) atoms. The van der Waals surface area contributed by atoms with Crippen molar-refractivity contribution in [1.29, 1.82) is 0 Å². The largest absolute Gasteiger partial charge is 0.480 e. The summed E-state index contributed by atoms with van der Waals surface area (Å²) in [6.07, 6.45) is 1.66. The predicted molar refractivity (Wildman–Crippen MR) is 46.3 cm³/mol. The maximum Gasteiger partial charge on any atom is 0.329 e. The van der Waals surface area contributed by atoms with E-state index >= 15 is 0 Å². The number of aryl methyl sites for hydroxylation is 1. The number of aliphatic carboxylic acids is 1. The van der Waals surface area contributed by atoms with Crippen LogP contribution in [0.5, 0.6) is 0 Å². The molecule has 0 aromatic carbocycles. The van der Waals surface area contributed by atoms with Gasteiger partial charge in [0.15, 0.2) is 0 Å². The van der Waals surface area contributed by atoms with Gasteiger partial charge in [0, 0.05) is 6.20 Å². The highest BCUT2D eigenvalue weighted by molar-refractivity contribution is 5.67. The van der Waals surface area contributed by atoms with Crippen molar-refractivity contribution in [2.24, 2.45) is 0 Å². The van der Waals surface area contributed by atoms with Crippen LogP contribution in [0.4, 0.5) is 0 Å². The van der Waals surface area contributed by atoms with Crippen LogP contribution in [0.15, 0.2) is 18.3 Å². The highest BCUT2D eigenvalue weighted by Crippen LogP contribution is 2.03. The lowest BCUT2D eigenvalue weighted by molar-refractivity contribution is -0.142. The molecule has 1 rings (SSSR count). The molecule has 0 saturated heterocycles. The molecule has 0 aliphatic carbocycles. The zero-order valence-electron chi connectivity index (χ0n) is 7.36. The number of rotatable bonds is 4. The van der Waals surface area contributed by atoms with E-state index in [9.17, 15) is 4.79 Å². The normalized spacial score (nSPS) is 9.92. The summed E-state index contributed by atoms with van der Waals surface area (Å²) in [5.41, 5.74) is 1.79. The van der Waals surface area contributed by atoms with E-state index in [1.165, 1.54) is 0 Å². The van der Waals surface area contributed by atoms with Gasteiger partial charge < -0.3 is 9.84 Å². The Morgan fingerprint density at radius 1 is 1.69 bits per heavy atom. The van der Waals surface area contributed by atoms with Gasteiger partial charge in [-0.05, 0) is 18.6 Å². The summed E-state index contributed by atoms with van der Waals surface area (Å²) in [6.45, 7) is 1.88. The van der Waals surface area contributed by atoms with Crippen LogP contribution < -0.4 is 0 Å². The molecule has 1 aromatic rings. The van der Waals surface area contributed by atoms with E-state index in [4.69, 9.17) is 9.84 Å². The van der Waals surface area contributed by atoms with E-state index in [1.807, 2.05) is 19.1 Å². The second-order valence-corrected chi connectivity index (χ2v) is 2.65. The molecule has 0 spiro atoms. The first-order chi connectivity index (χ1) is 6.20. The molecule has 0 saturated carbocycles. The number of pyridine rings is 1. The number of hydrogen-bond acceptors (Lipinski definition) is 3. The van der Waals surface area contributed by atoms with Crippen LogP contribution >= 0.6 is 0 Å². The summed E-state index contributed by atoms with van der Waals surface area (Å²) < 4.78 is 4.90. The molecule has 0 amide bonds. The van der Waals surface area contributed by atoms with Crippen molar-refractivity contribution >= 4 is 5.97 Å². The van der Waals surface area contributed by atoms with E-state index in [0.29, 0.717) is 0 Å². The molecule has 1 heterocycles. The van der Waals surface area contributed by atoms with Gasteiger partial charge in [-0.25, -0.2) is 4.79 Å². The average Bonchev–Trinajstić information content (AvgIpc) is 2.08. The highest BCUT2D eigenvalue weighted by Gasteiger charge is 2.00. The molecule has 4 heteroatoms. The first kappa shape index (κ1) is 9.67. The summed E-state index contributed by atoms with van der Waals surface area (Å²) in [4.78, 5) is 14.2. The molecule has 0 radical (unpaired) electrons. The summed E-state index contributed by atoms with van der Waals surface area (Å²) in [5.74, 6) is -0.964. The van der Waals surface area contributed by atoms with Crippen molar-refractivity contribution in [3.05, 3.63) is 29.6 Å². The monoisotopic (exact) mass is 181 g/mol. The quantitative estimate of drug-likeness (QED) is 0.752. The Hall–Kier alpha value is -1.42. The lowest BCUT2D eigenvalue weighted by Gasteiger charge is -2.03. The molecule has 0 bridgehead atoms. The van der Waals surface area contributed by atoms with Crippen molar-refractivity contribution in [2.75, 3.05) is 6.61 Å². The minimum absolute atomic E-state index is 0.249. The fraction of sp³-hybridized carbons (Fsp3) is 0.333. The molecular formula is C9H11NO3. The Morgan fingerprint density at radius 2 is 2.46 bits per heavy atom. The first-order valence-corrected chi connectivity index (χ1v) is 3.90. The second-order valence-electron chi connectivity index (χ2n) is 2.65. The molecule has 0 aliphatic rings. The standard InChI is InChI=1S/C9H11NO3/c1-7-3-2-4-10-8(7)5-13-6-9(11)12/h2-4H,5-6H2,1H3,(H,11,12). The highest BCUT2D eigenvalue weighted by atomic mass is 16.5. The van der Waals surface area contributed by atoms with Crippen LogP contribution in [-0.4, -0.2) is 22.7 Å². The molecular weight excluding hydrogens is 170 g/mol. The van der Waals surface area contributed by atoms with Gasteiger partial charge in [0.1, 0.15) is 6.61 Å². The maximum atomic E-state index is 10.1. The Bertz CT molecular complexity index is 299. The van der Waals surface area contributed by atoms with Crippen molar-refractivity contribution < 1.29 is 14.6 Å². The number of aromatic nitrogens is 1. The van der Waals surface area contributed by atoms with Crippen LogP contribution in [0.1, 0.15) is 11.3 Å². The van der Waals surface area contributed by atoms with Gasteiger partial charge in [0.25, 0.3) is 0 Å². The van der Waals surface area contributed by atoms with Crippen LogP contribution in [-0.2, 0) is 16.1 Å². The minimum Gasteiger partial charge on any atom is -0.480 e. The topological polar surface area (TPSA) is 59.4 Å². The molecule has 0 unspecified atom stereocenters. The smallest absolute Gasteiger partial charge is 0.329 e. The number of carboxylic acids is 1. The Morgan fingerprint density at radius 3 is 3.08 bits per heavy atom. The third-order valence-electron chi connectivity index (χ3n) is 1.58. The van der Waals surface area contributed by atoms with E-state index in [-0.39, 0.29) is 13.2 Å². The van der Waals surface area contributed by atoms with E-state index in [2.05, 4.69) is 4.98 Å². The van der Waals surface area contributed by atoms with Crippen LogP contribution in [0.3, 0.4) is 0 Å². The van der Waals surface area contributed by atoms with Crippen LogP contribution in [0, 0.1) is 6.92 Å². The molecule has 70 valence electrons. The third-order valence-corrected chi connectivity index (χ3v) is 1.58. The number of carboxylic acid groups (broad SMARTS) is 1. The molecule has 1 N–H and O–H groups in total. The van der Waals surface area contributed by atoms with Crippen molar-refractivity contribution in [2.45, 2.75) is 13.5 Å². The Labute approximate surface area is 76.2 Å². The van der Waals surface area contributed by atoms with E-state index in [0.717, 1.165) is 11.3 Å². The SMILES string of the molecule is Cc1cccnc1COCC(=O)O. The van der Waals surface area contributed by atoms with Gasteiger partial charge in [-0.2, -0.15) is 0 Å². The van der Waals surface area contributed by atoms with Gasteiger partial charge >= 0.3 is 5.97 Å². The number of nitrogens with zero attached hydrogens (tertiary/aromatic N) is 1. The van der Waals surface area contributed by atoms with Gasteiger partial charge in [-0.15, -0.1) is 0 Å². The maximum absolute atomic E-state index is 10.1. The van der Waals surface area contributed by atoms with Gasteiger partial charge in [0.2, 0.25) is 0 Å². The zero-order chi connectivity index (χ0) is 9.68. The van der Waals surface area contributed by atoms with Crippen LogP contribution in [0.2, 0.25) is 0 Å². The summed E-state index contributed by atoms with van der Waals surface area (Å²) in [7, 11) is 0. The third kappa shape index (κ3) is 3.21. The summed E-state index contributed by atoms with van der Waals surface area (Å²) in [6, 6.07) is 3.74. The fourth-order valence-electron chi connectivity index (χ4n) is 0.905. The molecule has 1 aromatic heterocycles. The van der Waals surface area contributed by atoms with Gasteiger partial charge in [0.05, 0.1) is 12.3 Å². The average molecular weight is 181 g/mol. The summed E-state index contributed by atoms with van der Waals surface area (Å²) in [5, 5.41) is 8.32. The molecule has 0 fully saturated rings. The first-order valence-electron chi connectivity index (χ1n) is 3.90. The van der Waals surface area contributed by atoms with E-state index in [1.54, 1.807) is 6.20 Å². The second kappa shape index (κ2) is 4.57.